The fourth-order valence-electron chi connectivity index (χ4n) is 1.35. The van der Waals surface area contributed by atoms with Crippen LogP contribution in [0, 0.1) is 0 Å². The summed E-state index contributed by atoms with van der Waals surface area (Å²) in [5.41, 5.74) is 3.15. The average Bonchev–Trinajstić information content (AvgIpc) is 2.66. The van der Waals surface area contributed by atoms with E-state index in [1.54, 1.807) is 0 Å². The molecule has 0 unspecified atom stereocenters. The maximum atomic E-state index is 12.7. The molecule has 0 amide bonds. The fourth-order valence-corrected chi connectivity index (χ4v) is 1.42. The Morgan fingerprint density at radius 3 is 2.43 bits per heavy atom. The van der Waals surface area contributed by atoms with Crippen LogP contribution in [0.3, 0.4) is 0 Å². The van der Waals surface area contributed by atoms with Crippen molar-refractivity contribution < 1.29 is 30.9 Å². The van der Waals surface area contributed by atoms with E-state index in [9.17, 15) is 22.0 Å². The summed E-state index contributed by atoms with van der Waals surface area (Å²) in [5, 5.41) is 5.08. The van der Waals surface area contributed by atoms with Crippen molar-refractivity contribution in [3.05, 3.63) is 11.3 Å². The quantitative estimate of drug-likeness (QED) is 0.526. The molecule has 0 aliphatic rings. The van der Waals surface area contributed by atoms with Crippen molar-refractivity contribution in [2.45, 2.75) is 19.3 Å². The second-order valence-corrected chi connectivity index (χ2v) is 3.79. The summed E-state index contributed by atoms with van der Waals surface area (Å²) in [6, 6.07) is 0. The Morgan fingerprint density at radius 1 is 1.52 bits per heavy atom. The van der Waals surface area contributed by atoms with E-state index in [-0.39, 0.29) is 5.11 Å². The number of nitrogens with one attached hydrogen (secondary N) is 1. The Bertz CT molecular complexity index is 482. The Balaban J connectivity index is 0.00000191. The average molecular weight is 401 g/mol. The molecule has 0 radical (unpaired) electrons. The molecule has 1 aromatic heterocycles. The molecule has 0 atom stereocenters. The van der Waals surface area contributed by atoms with Gasteiger partial charge in [0.15, 0.2) is 10.8 Å². The van der Waals surface area contributed by atoms with Crippen LogP contribution in [0.5, 0.6) is 5.88 Å². The van der Waals surface area contributed by atoms with Crippen molar-refractivity contribution in [2.24, 2.45) is 12.8 Å². The first kappa shape index (κ1) is 19.8. The predicted octanol–water partition coefficient (Wildman–Crippen LogP) is 1.66. The third-order valence-electron chi connectivity index (χ3n) is 2.00. The van der Waals surface area contributed by atoms with Crippen molar-refractivity contribution in [1.82, 2.24) is 15.1 Å². The molecule has 1 aromatic rings. The number of hydrogen-bond donors (Lipinski definition) is 3. The van der Waals surface area contributed by atoms with E-state index >= 15 is 0 Å². The van der Waals surface area contributed by atoms with Gasteiger partial charge in [-0.1, -0.05) is 0 Å². The Hall–Kier alpha value is -1.21. The number of nitrogens with zero attached hydrogens (tertiary/aromatic N) is 2. The number of hydrogen-bond acceptors (Lipinski definition) is 4. The van der Waals surface area contributed by atoms with Crippen LogP contribution in [0.4, 0.5) is 22.0 Å². The highest BCUT2D eigenvalue weighted by atomic mass is 79.9. The second kappa shape index (κ2) is 8.29. The topological polar surface area (TPSA) is 85.3 Å². The van der Waals surface area contributed by atoms with E-state index in [0.29, 0.717) is 4.68 Å². The number of rotatable bonds is 4. The normalized spacial score (nSPS) is 10.9. The number of nitrogens with two attached hydrogens (primary N) is 1. The van der Waals surface area contributed by atoms with Gasteiger partial charge in [0.1, 0.15) is 0 Å². The van der Waals surface area contributed by atoms with Gasteiger partial charge in [-0.05, 0) is 12.2 Å². The van der Waals surface area contributed by atoms with Crippen molar-refractivity contribution in [1.29, 1.82) is 0 Å². The molecule has 0 aromatic carbocycles. The van der Waals surface area contributed by atoms with Gasteiger partial charge in [-0.15, -0.1) is 0 Å². The number of halogens is 6. The Morgan fingerprint density at radius 2 is 2.05 bits per heavy atom. The van der Waals surface area contributed by atoms with Crippen molar-refractivity contribution >= 4 is 33.6 Å². The molecule has 0 spiro atoms. The zero-order valence-corrected chi connectivity index (χ0v) is 12.7. The van der Waals surface area contributed by atoms with Crippen LogP contribution in [0.25, 0.3) is 0 Å². The van der Waals surface area contributed by atoms with Crippen molar-refractivity contribution in [2.75, 3.05) is 0 Å². The molecule has 0 aliphatic heterocycles. The number of aromatic nitrogens is 2. The van der Waals surface area contributed by atoms with Crippen molar-refractivity contribution in [3.63, 3.8) is 0 Å². The molecule has 0 fully saturated rings. The van der Waals surface area contributed by atoms with Gasteiger partial charge in [-0.3, -0.25) is 0 Å². The summed E-state index contributed by atoms with van der Waals surface area (Å²) in [4.78, 5) is 0. The van der Waals surface area contributed by atoms with Crippen LogP contribution < -0.4 is 15.8 Å². The lowest BCUT2D eigenvalue weighted by Gasteiger charge is -2.10. The van der Waals surface area contributed by atoms with E-state index in [4.69, 9.17) is 9.93 Å². The summed E-state index contributed by atoms with van der Waals surface area (Å²) in [6.07, 6.45) is -4.81. The van der Waals surface area contributed by atoms with E-state index in [0.717, 1.165) is 7.05 Å². The van der Waals surface area contributed by atoms with Crippen LogP contribution in [0.2, 0.25) is 0 Å². The summed E-state index contributed by atoms with van der Waals surface area (Å²) < 4.78 is 73.8. The molecule has 1 heterocycles. The van der Waals surface area contributed by atoms with Gasteiger partial charge in [0.25, 0.3) is 0 Å². The van der Waals surface area contributed by atoms with Gasteiger partial charge in [-0.2, -0.15) is 27.1 Å². The number of aryl methyl sites for hydroxylation is 1. The van der Waals surface area contributed by atoms with Crippen LogP contribution in [0.1, 0.15) is 11.3 Å². The summed E-state index contributed by atoms with van der Waals surface area (Å²) >= 11 is 6.38. The zero-order chi connectivity index (χ0) is 16.8. The second-order valence-electron chi connectivity index (χ2n) is 3.35. The lowest BCUT2D eigenvalue weighted by molar-refractivity contribution is -0.142. The predicted molar refractivity (Wildman–Crippen MR) is 69.6 cm³/mol. The first-order valence-corrected chi connectivity index (χ1v) is 6.02. The summed E-state index contributed by atoms with van der Waals surface area (Å²) in [6.45, 7) is -3.81. The van der Waals surface area contributed by atoms with Crippen molar-refractivity contribution in [3.8, 4) is 5.88 Å². The summed E-state index contributed by atoms with van der Waals surface area (Å²) in [7, 11) is 1.05. The minimum Gasteiger partial charge on any atom is -0.417 e. The van der Waals surface area contributed by atoms with Gasteiger partial charge in [-0.25, -0.2) is 4.68 Å². The minimum absolute atomic E-state index is 0.278. The van der Waals surface area contributed by atoms with Gasteiger partial charge >= 0.3 is 12.8 Å². The van der Waals surface area contributed by atoms with Crippen LogP contribution in [-0.2, 0) is 19.8 Å². The lowest BCUT2D eigenvalue weighted by Crippen LogP contribution is -2.29. The first-order valence-electron chi connectivity index (χ1n) is 4.91. The maximum Gasteiger partial charge on any atom is 0.435 e. The molecule has 0 bridgehead atoms. The third kappa shape index (κ3) is 5.97. The molecule has 6 nitrogen and oxygen atoms in total. The lowest BCUT2D eigenvalue weighted by atomic mass is 10.2. The smallest absolute Gasteiger partial charge is 0.417 e. The molecule has 1 rings (SSSR count). The monoisotopic (exact) mass is 400 g/mol. The van der Waals surface area contributed by atoms with Gasteiger partial charge in [0.2, 0.25) is 5.88 Å². The first-order chi connectivity index (χ1) is 9.62. The molecule has 4 N–H and O–H groups in total. The van der Waals surface area contributed by atoms with E-state index in [1.807, 2.05) is 16.3 Å². The highest BCUT2D eigenvalue weighted by Crippen LogP contribution is 2.35. The molecular weight excluding hydrogens is 391 g/mol. The van der Waals surface area contributed by atoms with E-state index in [2.05, 4.69) is 27.4 Å². The van der Waals surface area contributed by atoms with Gasteiger partial charge < -0.3 is 20.0 Å². The van der Waals surface area contributed by atoms with E-state index < -0.39 is 36.5 Å². The van der Waals surface area contributed by atoms with Gasteiger partial charge in [0.05, 0.1) is 21.8 Å². The van der Waals surface area contributed by atoms with Gasteiger partial charge in [0, 0.05) is 13.6 Å². The molecule has 0 saturated carbocycles. The standard InChI is InChI=1S/C8H9F5N4OS.BrHO/c1-17-5(18-6(9)10)3(2-15-7(14)19)4(16-17)8(11,12)13;1-2/h6H,2H2,1H3,(H3,14,15,19);2H. The highest BCUT2D eigenvalue weighted by molar-refractivity contribution is 9.05. The van der Waals surface area contributed by atoms with Crippen LogP contribution in [-0.4, -0.2) is 25.7 Å². The zero-order valence-electron chi connectivity index (χ0n) is 10.3. The largest absolute Gasteiger partial charge is 0.435 e. The number of thiocarbonyl (C=S) groups is 1. The molecule has 0 saturated heterocycles. The summed E-state index contributed by atoms with van der Waals surface area (Å²) in [5.74, 6) is -0.703. The van der Waals surface area contributed by atoms with Crippen LogP contribution >= 0.6 is 28.5 Å². The highest BCUT2D eigenvalue weighted by Gasteiger charge is 2.39. The molecule has 0 aliphatic carbocycles. The molecule has 13 heteroatoms. The fraction of sp³-hybridized carbons (Fsp3) is 0.500. The SMILES string of the molecule is Cn1nc(C(F)(F)F)c(CNC(N)=S)c1OC(F)F.OBr. The van der Waals surface area contributed by atoms with Crippen LogP contribution in [0.15, 0.2) is 0 Å². The maximum absolute atomic E-state index is 12.7. The molecule has 21 heavy (non-hydrogen) atoms. The molecular formula is C8H10BrF5N4O2S. The Kier molecular flexibility index (Phi) is 7.81. The number of ether oxygens (including phenoxy) is 1. The Labute approximate surface area is 129 Å². The minimum atomic E-state index is -4.81. The number of alkyl halides is 5. The van der Waals surface area contributed by atoms with E-state index in [1.165, 1.54) is 0 Å². The third-order valence-corrected chi connectivity index (χ3v) is 2.14. The molecule has 122 valence electrons.